The van der Waals surface area contributed by atoms with Crippen LogP contribution in [0, 0.1) is 0 Å². The molecule has 0 spiro atoms. The minimum Gasteiger partial charge on any atom is -0.497 e. The smallest absolute Gasteiger partial charge is 0.226 e. The van der Waals surface area contributed by atoms with Gasteiger partial charge in [0.05, 0.1) is 13.4 Å². The summed E-state index contributed by atoms with van der Waals surface area (Å²) in [7, 11) is 1.66. The number of hydrogen-bond acceptors (Lipinski definition) is 6. The molecular weight excluding hydrogens is 364 g/mol. The van der Waals surface area contributed by atoms with Crippen LogP contribution in [-0.4, -0.2) is 33.6 Å². The summed E-state index contributed by atoms with van der Waals surface area (Å²) in [5.74, 6) is 2.15. The van der Waals surface area contributed by atoms with Gasteiger partial charge in [-0.15, -0.1) is 0 Å². The number of nitrogens with zero attached hydrogens (tertiary/aromatic N) is 3. The van der Waals surface area contributed by atoms with E-state index in [1.54, 1.807) is 13.4 Å². The van der Waals surface area contributed by atoms with Crippen molar-refractivity contribution in [1.82, 2.24) is 19.9 Å². The third-order valence-electron chi connectivity index (χ3n) is 4.67. The molecule has 0 atom stereocenters. The summed E-state index contributed by atoms with van der Waals surface area (Å²) in [6.07, 6.45) is 3.65. The molecule has 2 aromatic heterocycles. The number of rotatable bonds is 9. The van der Waals surface area contributed by atoms with E-state index in [1.165, 1.54) is 5.56 Å². The van der Waals surface area contributed by atoms with Gasteiger partial charge < -0.3 is 20.4 Å². The Bertz CT molecular complexity index is 1050. The quantitative estimate of drug-likeness (QED) is 0.375. The van der Waals surface area contributed by atoms with Crippen molar-refractivity contribution in [3.8, 4) is 5.75 Å². The number of aromatic amines is 1. The summed E-state index contributed by atoms with van der Waals surface area (Å²) in [5, 5.41) is 6.70. The number of aryl methyl sites for hydroxylation is 1. The maximum absolute atomic E-state index is 5.21. The van der Waals surface area contributed by atoms with E-state index < -0.39 is 0 Å². The highest BCUT2D eigenvalue weighted by molar-refractivity contribution is 5.83. The van der Waals surface area contributed by atoms with Gasteiger partial charge in [0.1, 0.15) is 11.3 Å². The van der Waals surface area contributed by atoms with Crippen molar-refractivity contribution >= 4 is 22.9 Å². The normalized spacial score (nSPS) is 10.8. The second kappa shape index (κ2) is 9.05. The lowest BCUT2D eigenvalue weighted by Gasteiger charge is -2.10. The third-order valence-corrected chi connectivity index (χ3v) is 4.67. The van der Waals surface area contributed by atoms with Crippen molar-refractivity contribution in [2.24, 2.45) is 0 Å². The molecule has 0 aliphatic heterocycles. The van der Waals surface area contributed by atoms with Crippen molar-refractivity contribution in [3.63, 3.8) is 0 Å². The maximum atomic E-state index is 5.21. The minimum absolute atomic E-state index is 0.579. The van der Waals surface area contributed by atoms with Crippen LogP contribution >= 0.6 is 0 Å². The van der Waals surface area contributed by atoms with Crippen LogP contribution in [0.4, 0.5) is 11.8 Å². The predicted molar refractivity (Wildman–Crippen MR) is 115 cm³/mol. The van der Waals surface area contributed by atoms with Crippen molar-refractivity contribution < 1.29 is 4.74 Å². The Morgan fingerprint density at radius 2 is 1.76 bits per heavy atom. The van der Waals surface area contributed by atoms with E-state index in [0.29, 0.717) is 18.1 Å². The molecule has 0 saturated heterocycles. The monoisotopic (exact) mass is 388 g/mol. The van der Waals surface area contributed by atoms with Crippen molar-refractivity contribution in [2.75, 3.05) is 24.3 Å². The first-order chi connectivity index (χ1) is 14.3. The fourth-order valence-electron chi connectivity index (χ4n) is 3.11. The van der Waals surface area contributed by atoms with Crippen LogP contribution in [-0.2, 0) is 13.0 Å². The number of benzene rings is 2. The topological polar surface area (TPSA) is 87.8 Å². The molecule has 0 aliphatic carbocycles. The highest BCUT2D eigenvalue weighted by Crippen LogP contribution is 2.20. The van der Waals surface area contributed by atoms with Gasteiger partial charge in [-0.2, -0.15) is 9.97 Å². The number of H-pyrrole nitrogens is 1. The zero-order valence-corrected chi connectivity index (χ0v) is 16.4. The van der Waals surface area contributed by atoms with Crippen LogP contribution in [0.5, 0.6) is 5.75 Å². The molecule has 0 radical (unpaired) electrons. The number of fused-ring (bicyclic) bond motifs is 1. The van der Waals surface area contributed by atoms with Gasteiger partial charge >= 0.3 is 0 Å². The van der Waals surface area contributed by atoms with E-state index in [1.807, 2.05) is 30.3 Å². The molecule has 3 N–H and O–H groups in total. The van der Waals surface area contributed by atoms with Gasteiger partial charge in [-0.25, -0.2) is 4.98 Å². The van der Waals surface area contributed by atoms with E-state index in [9.17, 15) is 0 Å². The molecule has 7 nitrogen and oxygen atoms in total. The largest absolute Gasteiger partial charge is 0.497 e. The Kier molecular flexibility index (Phi) is 5.85. The van der Waals surface area contributed by atoms with Crippen molar-refractivity contribution in [2.45, 2.75) is 19.4 Å². The average Bonchev–Trinajstić information content (AvgIpc) is 3.25. The predicted octanol–water partition coefficient (Wildman–Crippen LogP) is 4.02. The molecule has 4 aromatic rings. The van der Waals surface area contributed by atoms with E-state index >= 15 is 0 Å². The summed E-state index contributed by atoms with van der Waals surface area (Å²) in [6.45, 7) is 1.44. The lowest BCUT2D eigenvalue weighted by molar-refractivity contribution is 0.414. The third kappa shape index (κ3) is 4.82. The molecule has 0 saturated carbocycles. The second-order valence-electron chi connectivity index (χ2n) is 6.71. The molecule has 0 aliphatic rings. The fourth-order valence-corrected chi connectivity index (χ4v) is 3.11. The highest BCUT2D eigenvalue weighted by atomic mass is 16.5. The fraction of sp³-hybridized carbons (Fsp3) is 0.227. The zero-order valence-electron chi connectivity index (χ0n) is 16.4. The Labute approximate surface area is 169 Å². The van der Waals surface area contributed by atoms with E-state index in [4.69, 9.17) is 4.74 Å². The molecule has 4 rings (SSSR count). The van der Waals surface area contributed by atoms with Crippen LogP contribution in [0.1, 0.15) is 17.5 Å². The van der Waals surface area contributed by atoms with E-state index in [2.05, 4.69) is 54.8 Å². The lowest BCUT2D eigenvalue weighted by Crippen LogP contribution is -2.09. The van der Waals surface area contributed by atoms with Gasteiger partial charge in [0.2, 0.25) is 5.95 Å². The van der Waals surface area contributed by atoms with Gasteiger partial charge in [0.15, 0.2) is 11.5 Å². The number of anilines is 2. The van der Waals surface area contributed by atoms with Crippen molar-refractivity contribution in [1.29, 1.82) is 0 Å². The number of methoxy groups -OCH3 is 1. The molecule has 2 aromatic carbocycles. The average molecular weight is 388 g/mol. The summed E-state index contributed by atoms with van der Waals surface area (Å²) >= 11 is 0. The van der Waals surface area contributed by atoms with Crippen LogP contribution in [0.3, 0.4) is 0 Å². The minimum atomic E-state index is 0.579. The molecule has 7 heteroatoms. The molecule has 29 heavy (non-hydrogen) atoms. The van der Waals surface area contributed by atoms with E-state index in [0.717, 1.165) is 42.0 Å². The highest BCUT2D eigenvalue weighted by Gasteiger charge is 2.10. The number of imidazole rings is 1. The SMILES string of the molecule is COc1ccc(CNc2nc(NCCCc3ccccc3)nc3nc[nH]c23)cc1. The van der Waals surface area contributed by atoms with E-state index in [-0.39, 0.29) is 0 Å². The Balaban J connectivity index is 1.39. The van der Waals surface area contributed by atoms with Gasteiger partial charge in [0.25, 0.3) is 0 Å². The molecular formula is C22H24N6O. The Morgan fingerprint density at radius 3 is 2.55 bits per heavy atom. The van der Waals surface area contributed by atoms with Crippen LogP contribution in [0.25, 0.3) is 11.2 Å². The summed E-state index contributed by atoms with van der Waals surface area (Å²) in [4.78, 5) is 16.5. The molecule has 0 unspecified atom stereocenters. The molecule has 148 valence electrons. The first kappa shape index (κ1) is 18.7. The van der Waals surface area contributed by atoms with Crippen LogP contribution in [0.15, 0.2) is 60.9 Å². The summed E-state index contributed by atoms with van der Waals surface area (Å²) in [6, 6.07) is 18.4. The van der Waals surface area contributed by atoms with Gasteiger partial charge in [-0.1, -0.05) is 42.5 Å². The number of ether oxygens (including phenoxy) is 1. The molecule has 0 bridgehead atoms. The molecule has 2 heterocycles. The van der Waals surface area contributed by atoms with Gasteiger partial charge in [-0.05, 0) is 36.1 Å². The Morgan fingerprint density at radius 1 is 0.931 bits per heavy atom. The summed E-state index contributed by atoms with van der Waals surface area (Å²) in [5.41, 5.74) is 3.91. The first-order valence-corrected chi connectivity index (χ1v) is 9.67. The van der Waals surface area contributed by atoms with Crippen LogP contribution < -0.4 is 15.4 Å². The van der Waals surface area contributed by atoms with Crippen LogP contribution in [0.2, 0.25) is 0 Å². The maximum Gasteiger partial charge on any atom is 0.226 e. The zero-order chi connectivity index (χ0) is 19.9. The number of nitrogens with one attached hydrogen (secondary N) is 3. The molecule has 0 fully saturated rings. The Hall–Kier alpha value is -3.61. The standard InChI is InChI=1S/C22H24N6O/c1-29-18-11-9-17(10-12-18)14-24-20-19-21(26-15-25-19)28-22(27-20)23-13-5-8-16-6-3-2-4-7-16/h2-4,6-7,9-12,15H,5,8,13-14H2,1H3,(H3,23,24,25,26,27,28). The van der Waals surface area contributed by atoms with Gasteiger partial charge in [0, 0.05) is 13.1 Å². The number of aromatic nitrogens is 4. The summed E-state index contributed by atoms with van der Waals surface area (Å²) < 4.78 is 5.21. The lowest BCUT2D eigenvalue weighted by atomic mass is 10.1. The number of hydrogen-bond donors (Lipinski definition) is 3. The first-order valence-electron chi connectivity index (χ1n) is 9.67. The molecule has 0 amide bonds. The van der Waals surface area contributed by atoms with Crippen molar-refractivity contribution in [3.05, 3.63) is 72.1 Å². The second-order valence-corrected chi connectivity index (χ2v) is 6.71. The van der Waals surface area contributed by atoms with Gasteiger partial charge in [-0.3, -0.25) is 0 Å².